The first kappa shape index (κ1) is 20.0. The number of aryl methyl sites for hydroxylation is 1. The zero-order valence-electron chi connectivity index (χ0n) is 16.4. The van der Waals surface area contributed by atoms with Crippen LogP contribution in [0.25, 0.3) is 0 Å². The molecule has 0 spiro atoms. The third-order valence-electron chi connectivity index (χ3n) is 4.62. The molecule has 1 aromatic carbocycles. The third-order valence-corrected chi connectivity index (χ3v) is 4.93. The normalized spacial score (nSPS) is 13.0. The van der Waals surface area contributed by atoms with Crippen molar-refractivity contribution in [1.29, 1.82) is 5.26 Å². The average molecular weight is 398 g/mol. The van der Waals surface area contributed by atoms with Gasteiger partial charge in [-0.3, -0.25) is 4.79 Å². The van der Waals surface area contributed by atoms with Crippen LogP contribution in [-0.2, 0) is 4.79 Å². The molecule has 0 bridgehead atoms. The summed E-state index contributed by atoms with van der Waals surface area (Å²) >= 11 is 6.43. The smallest absolute Gasteiger partial charge is 0.244 e. The van der Waals surface area contributed by atoms with E-state index in [9.17, 15) is 4.79 Å². The molecule has 0 fully saturated rings. The summed E-state index contributed by atoms with van der Waals surface area (Å²) in [5, 5.41) is 12.5. The molecule has 0 atom stereocenters. The van der Waals surface area contributed by atoms with E-state index in [1.807, 2.05) is 17.9 Å². The Labute approximate surface area is 170 Å². The minimum Gasteiger partial charge on any atom is -0.370 e. The molecular formula is C21H24ClN5O. The Morgan fingerprint density at radius 1 is 1.29 bits per heavy atom. The number of nitrogens with zero attached hydrogens (tertiary/aromatic N) is 4. The number of fused-ring (bicyclic) bond motifs is 1. The van der Waals surface area contributed by atoms with Crippen LogP contribution in [0.5, 0.6) is 0 Å². The second kappa shape index (κ2) is 8.49. The van der Waals surface area contributed by atoms with Crippen LogP contribution < -0.4 is 15.1 Å². The molecule has 0 radical (unpaired) electrons. The highest BCUT2D eigenvalue weighted by Crippen LogP contribution is 2.42. The Bertz CT molecular complexity index is 931. The maximum absolute atomic E-state index is 12.5. The molecule has 3 rings (SSSR count). The van der Waals surface area contributed by atoms with Crippen LogP contribution in [0.2, 0.25) is 5.02 Å². The molecule has 1 aliphatic rings. The lowest BCUT2D eigenvalue weighted by molar-refractivity contribution is -0.115. The van der Waals surface area contributed by atoms with E-state index in [1.165, 1.54) is 0 Å². The SMILES string of the molecule is CCCN(CCC)c1cc(C)nc2c1NC(=O)CN2c1ccc(C#N)cc1Cl. The molecule has 28 heavy (non-hydrogen) atoms. The molecule has 2 aromatic rings. The summed E-state index contributed by atoms with van der Waals surface area (Å²) in [6, 6.07) is 9.18. The number of hydrogen-bond acceptors (Lipinski definition) is 5. The number of pyridine rings is 1. The Morgan fingerprint density at radius 3 is 2.61 bits per heavy atom. The molecule has 1 aliphatic heterocycles. The van der Waals surface area contributed by atoms with Gasteiger partial charge in [0.2, 0.25) is 5.91 Å². The zero-order valence-corrected chi connectivity index (χ0v) is 17.2. The molecular weight excluding hydrogens is 374 g/mol. The van der Waals surface area contributed by atoms with Crippen molar-refractivity contribution in [3.8, 4) is 6.07 Å². The van der Waals surface area contributed by atoms with Crippen LogP contribution in [0.1, 0.15) is 37.9 Å². The summed E-state index contributed by atoms with van der Waals surface area (Å²) in [5.74, 6) is 0.561. The number of nitriles is 1. The Morgan fingerprint density at radius 2 is 2.00 bits per heavy atom. The Hall–Kier alpha value is -2.78. The second-order valence-electron chi connectivity index (χ2n) is 6.88. The van der Waals surface area contributed by atoms with Crippen LogP contribution >= 0.6 is 11.6 Å². The average Bonchev–Trinajstić information content (AvgIpc) is 2.67. The monoisotopic (exact) mass is 397 g/mol. The number of benzene rings is 1. The Kier molecular flexibility index (Phi) is 6.05. The number of anilines is 4. The van der Waals surface area contributed by atoms with Crippen molar-refractivity contribution in [2.24, 2.45) is 0 Å². The lowest BCUT2D eigenvalue weighted by atomic mass is 10.1. The van der Waals surface area contributed by atoms with Gasteiger partial charge in [0, 0.05) is 18.8 Å². The summed E-state index contributed by atoms with van der Waals surface area (Å²) in [6.45, 7) is 8.16. The highest BCUT2D eigenvalue weighted by atomic mass is 35.5. The maximum atomic E-state index is 12.5. The summed E-state index contributed by atoms with van der Waals surface area (Å²) in [6.07, 6.45) is 2.02. The van der Waals surface area contributed by atoms with Crippen molar-refractivity contribution in [2.75, 3.05) is 34.8 Å². The van der Waals surface area contributed by atoms with Gasteiger partial charge in [-0.1, -0.05) is 25.4 Å². The van der Waals surface area contributed by atoms with Crippen molar-refractivity contribution in [1.82, 2.24) is 4.98 Å². The van der Waals surface area contributed by atoms with Crippen molar-refractivity contribution in [2.45, 2.75) is 33.6 Å². The number of aromatic nitrogens is 1. The number of nitrogens with one attached hydrogen (secondary N) is 1. The summed E-state index contributed by atoms with van der Waals surface area (Å²) in [5.41, 5.74) is 3.71. The van der Waals surface area contributed by atoms with Crippen LogP contribution in [0.15, 0.2) is 24.3 Å². The minimum absolute atomic E-state index is 0.118. The Balaban J connectivity index is 2.15. The highest BCUT2D eigenvalue weighted by molar-refractivity contribution is 6.33. The molecule has 1 aromatic heterocycles. The fraction of sp³-hybridized carbons (Fsp3) is 0.381. The van der Waals surface area contributed by atoms with E-state index in [0.29, 0.717) is 27.8 Å². The van der Waals surface area contributed by atoms with Gasteiger partial charge in [-0.05, 0) is 44.0 Å². The largest absolute Gasteiger partial charge is 0.370 e. The van der Waals surface area contributed by atoms with Gasteiger partial charge in [-0.2, -0.15) is 5.26 Å². The topological polar surface area (TPSA) is 72.3 Å². The molecule has 0 unspecified atom stereocenters. The van der Waals surface area contributed by atoms with Gasteiger partial charge in [-0.25, -0.2) is 4.98 Å². The zero-order chi connectivity index (χ0) is 20.3. The fourth-order valence-electron chi connectivity index (χ4n) is 3.49. The summed E-state index contributed by atoms with van der Waals surface area (Å²) in [7, 11) is 0. The van der Waals surface area contributed by atoms with Crippen molar-refractivity contribution in [3.05, 3.63) is 40.5 Å². The number of carbonyl (C=O) groups is 1. The van der Waals surface area contributed by atoms with E-state index in [2.05, 4.69) is 30.1 Å². The van der Waals surface area contributed by atoms with Crippen LogP contribution in [-0.4, -0.2) is 30.5 Å². The van der Waals surface area contributed by atoms with E-state index in [4.69, 9.17) is 21.8 Å². The third kappa shape index (κ3) is 3.90. The van der Waals surface area contributed by atoms with Gasteiger partial charge in [-0.15, -0.1) is 0 Å². The molecule has 0 saturated carbocycles. The van der Waals surface area contributed by atoms with Crippen molar-refractivity contribution in [3.63, 3.8) is 0 Å². The van der Waals surface area contributed by atoms with Crippen LogP contribution in [0.4, 0.5) is 22.9 Å². The quantitative estimate of drug-likeness (QED) is 0.769. The van der Waals surface area contributed by atoms with E-state index in [1.54, 1.807) is 18.2 Å². The van der Waals surface area contributed by atoms with E-state index in [0.717, 1.165) is 37.3 Å². The number of hydrogen-bond donors (Lipinski definition) is 1. The van der Waals surface area contributed by atoms with Gasteiger partial charge >= 0.3 is 0 Å². The van der Waals surface area contributed by atoms with Gasteiger partial charge < -0.3 is 15.1 Å². The van der Waals surface area contributed by atoms with Crippen molar-refractivity contribution < 1.29 is 4.79 Å². The maximum Gasteiger partial charge on any atom is 0.244 e. The minimum atomic E-state index is -0.118. The molecule has 6 nitrogen and oxygen atoms in total. The number of rotatable bonds is 6. The lowest BCUT2D eigenvalue weighted by Gasteiger charge is -2.35. The molecule has 1 N–H and O–H groups in total. The fourth-order valence-corrected chi connectivity index (χ4v) is 3.77. The van der Waals surface area contributed by atoms with Gasteiger partial charge in [0.15, 0.2) is 5.82 Å². The predicted octanol–water partition coefficient (Wildman–Crippen LogP) is 4.63. The first-order chi connectivity index (χ1) is 13.5. The standard InChI is InChI=1S/C21H24ClN5O/c1-4-8-26(9-5-2)18-10-14(3)24-21-20(18)25-19(28)13-27(21)17-7-6-15(12-23)11-16(17)22/h6-7,10-11H,4-5,8-9,13H2,1-3H3,(H,25,28). The predicted molar refractivity (Wildman–Crippen MR) is 114 cm³/mol. The van der Waals surface area contributed by atoms with E-state index in [-0.39, 0.29) is 12.5 Å². The molecule has 0 aliphatic carbocycles. The summed E-state index contributed by atoms with van der Waals surface area (Å²) in [4.78, 5) is 21.4. The molecule has 1 amide bonds. The number of halogens is 1. The lowest BCUT2D eigenvalue weighted by Crippen LogP contribution is -2.37. The van der Waals surface area contributed by atoms with Gasteiger partial charge in [0.25, 0.3) is 0 Å². The first-order valence-corrected chi connectivity index (χ1v) is 9.89. The summed E-state index contributed by atoms with van der Waals surface area (Å²) < 4.78 is 0. The molecule has 0 saturated heterocycles. The van der Waals surface area contributed by atoms with Gasteiger partial charge in [0.1, 0.15) is 12.2 Å². The van der Waals surface area contributed by atoms with Crippen LogP contribution in [0.3, 0.4) is 0 Å². The van der Waals surface area contributed by atoms with E-state index >= 15 is 0 Å². The number of carbonyl (C=O) groups excluding carboxylic acids is 1. The first-order valence-electron chi connectivity index (χ1n) is 9.52. The second-order valence-corrected chi connectivity index (χ2v) is 7.29. The molecule has 7 heteroatoms. The highest BCUT2D eigenvalue weighted by Gasteiger charge is 2.30. The van der Waals surface area contributed by atoms with Gasteiger partial charge in [0.05, 0.1) is 28.0 Å². The van der Waals surface area contributed by atoms with E-state index < -0.39 is 0 Å². The van der Waals surface area contributed by atoms with Crippen molar-refractivity contribution >= 4 is 40.4 Å². The molecule has 2 heterocycles. The molecule has 146 valence electrons. The number of amides is 1. The van der Waals surface area contributed by atoms with Crippen LogP contribution in [0, 0.1) is 18.3 Å².